The van der Waals surface area contributed by atoms with E-state index in [1.54, 1.807) is 5.56 Å². The number of aliphatic imine (C=N–C) groups is 1. The fraction of sp³-hybridized carbons (Fsp3) is 0.500. The summed E-state index contributed by atoms with van der Waals surface area (Å²) >= 11 is 0. The van der Waals surface area contributed by atoms with Crippen molar-refractivity contribution in [2.45, 2.75) is 65.2 Å². The minimum Gasteiger partial charge on any atom is -0.269 e. The minimum atomic E-state index is 0.736. The van der Waals surface area contributed by atoms with Gasteiger partial charge in [-0.2, -0.15) is 0 Å². The molecule has 0 amide bonds. The van der Waals surface area contributed by atoms with Gasteiger partial charge < -0.3 is 0 Å². The Morgan fingerprint density at radius 2 is 2.17 bits per heavy atom. The molecule has 0 spiro atoms. The van der Waals surface area contributed by atoms with Crippen molar-refractivity contribution < 1.29 is 0 Å². The number of benzene rings is 1. The first-order valence-corrected chi connectivity index (χ1v) is 9.12. The molecule has 1 aliphatic carbocycles. The van der Waals surface area contributed by atoms with E-state index in [2.05, 4.69) is 50.5 Å². The molecule has 0 fully saturated rings. The van der Waals surface area contributed by atoms with E-state index in [9.17, 15) is 0 Å². The van der Waals surface area contributed by atoms with Crippen molar-refractivity contribution >= 4 is 11.8 Å². The fourth-order valence-electron chi connectivity index (χ4n) is 3.49. The van der Waals surface area contributed by atoms with Crippen LogP contribution in [-0.2, 0) is 6.42 Å². The standard InChI is InChI=1S/C22H31N/c1-5-13-23-14-12-18(4)19-10-11-22-20(15-17(2)3)8-6-7-9-21(22)16-19/h10-14,16-17,20H,4-9,15H2,1-3H3. The van der Waals surface area contributed by atoms with Crippen molar-refractivity contribution in [1.82, 2.24) is 0 Å². The second kappa shape index (κ2) is 8.86. The third-order valence-corrected chi connectivity index (χ3v) is 4.61. The lowest BCUT2D eigenvalue weighted by atomic mass is 9.85. The van der Waals surface area contributed by atoms with E-state index in [0.717, 1.165) is 23.8 Å². The van der Waals surface area contributed by atoms with Crippen LogP contribution in [0.25, 0.3) is 5.57 Å². The van der Waals surface area contributed by atoms with Crippen LogP contribution in [0.4, 0.5) is 0 Å². The molecule has 0 aromatic heterocycles. The number of allylic oxidation sites excluding steroid dienone is 2. The van der Waals surface area contributed by atoms with Gasteiger partial charge in [-0.15, -0.1) is 0 Å². The van der Waals surface area contributed by atoms with Crippen molar-refractivity contribution in [1.29, 1.82) is 0 Å². The smallest absolute Gasteiger partial charge is 0.0269 e. The quantitative estimate of drug-likeness (QED) is 0.321. The van der Waals surface area contributed by atoms with E-state index in [-0.39, 0.29) is 0 Å². The zero-order valence-corrected chi connectivity index (χ0v) is 15.0. The Morgan fingerprint density at radius 3 is 2.91 bits per heavy atom. The van der Waals surface area contributed by atoms with Crippen LogP contribution in [0, 0.1) is 5.92 Å². The molecule has 1 aromatic carbocycles. The number of hydrogen-bond donors (Lipinski definition) is 0. The molecule has 1 aromatic rings. The molecule has 124 valence electrons. The predicted octanol–water partition coefficient (Wildman–Crippen LogP) is 6.55. The number of nitrogens with zero attached hydrogens (tertiary/aromatic N) is 1. The van der Waals surface area contributed by atoms with Gasteiger partial charge in [-0.1, -0.05) is 52.0 Å². The highest BCUT2D eigenvalue weighted by Gasteiger charge is 2.20. The summed E-state index contributed by atoms with van der Waals surface area (Å²) in [6, 6.07) is 6.97. The van der Waals surface area contributed by atoms with Crippen molar-refractivity contribution in [2.24, 2.45) is 10.9 Å². The van der Waals surface area contributed by atoms with Gasteiger partial charge in [0.15, 0.2) is 0 Å². The minimum absolute atomic E-state index is 0.736. The summed E-state index contributed by atoms with van der Waals surface area (Å²) in [5.74, 6) is 1.50. The molecule has 0 heterocycles. The lowest BCUT2D eigenvalue weighted by Gasteiger charge is -2.20. The number of rotatable bonds is 6. The summed E-state index contributed by atoms with van der Waals surface area (Å²) < 4.78 is 0. The lowest BCUT2D eigenvalue weighted by Crippen LogP contribution is -2.04. The molecule has 23 heavy (non-hydrogen) atoms. The van der Waals surface area contributed by atoms with E-state index in [0.29, 0.717) is 0 Å². The van der Waals surface area contributed by atoms with Crippen LogP contribution in [0.3, 0.4) is 0 Å². The number of hydrogen-bond acceptors (Lipinski definition) is 1. The second-order valence-corrected chi connectivity index (χ2v) is 7.07. The molecule has 1 atom stereocenters. The Labute approximate surface area is 142 Å². The maximum Gasteiger partial charge on any atom is 0.0269 e. The van der Waals surface area contributed by atoms with Crippen LogP contribution in [0.2, 0.25) is 0 Å². The zero-order valence-electron chi connectivity index (χ0n) is 15.0. The molecule has 0 N–H and O–H groups in total. The Kier molecular flexibility index (Phi) is 6.83. The molecular weight excluding hydrogens is 278 g/mol. The van der Waals surface area contributed by atoms with Gasteiger partial charge in [0, 0.05) is 12.4 Å². The first kappa shape index (κ1) is 17.7. The van der Waals surface area contributed by atoms with E-state index < -0.39 is 0 Å². The van der Waals surface area contributed by atoms with Gasteiger partial charge in [-0.05, 0) is 72.3 Å². The van der Waals surface area contributed by atoms with Gasteiger partial charge >= 0.3 is 0 Å². The Hall–Kier alpha value is -1.63. The lowest BCUT2D eigenvalue weighted by molar-refractivity contribution is 0.470. The van der Waals surface area contributed by atoms with Gasteiger partial charge in [-0.25, -0.2) is 0 Å². The zero-order chi connectivity index (χ0) is 16.7. The van der Waals surface area contributed by atoms with Crippen molar-refractivity contribution in [3.8, 4) is 0 Å². The largest absolute Gasteiger partial charge is 0.269 e. The van der Waals surface area contributed by atoms with Gasteiger partial charge in [0.25, 0.3) is 0 Å². The van der Waals surface area contributed by atoms with Crippen LogP contribution in [0.1, 0.15) is 75.5 Å². The van der Waals surface area contributed by atoms with E-state index in [1.165, 1.54) is 43.2 Å². The third-order valence-electron chi connectivity index (χ3n) is 4.61. The average molecular weight is 309 g/mol. The molecule has 0 saturated carbocycles. The number of fused-ring (bicyclic) bond motifs is 1. The molecule has 2 rings (SSSR count). The van der Waals surface area contributed by atoms with E-state index in [4.69, 9.17) is 0 Å². The second-order valence-electron chi connectivity index (χ2n) is 7.07. The van der Waals surface area contributed by atoms with Crippen molar-refractivity contribution in [2.75, 3.05) is 0 Å². The van der Waals surface area contributed by atoms with Gasteiger partial charge in [0.2, 0.25) is 0 Å². The summed E-state index contributed by atoms with van der Waals surface area (Å²) in [4.78, 5) is 4.24. The molecular formula is C22H31N. The monoisotopic (exact) mass is 309 g/mol. The summed E-state index contributed by atoms with van der Waals surface area (Å²) in [6.45, 7) is 11.0. The number of aryl methyl sites for hydroxylation is 1. The molecule has 0 aliphatic heterocycles. The van der Waals surface area contributed by atoms with Gasteiger partial charge in [0.1, 0.15) is 0 Å². The highest BCUT2D eigenvalue weighted by Crippen LogP contribution is 2.36. The van der Waals surface area contributed by atoms with Gasteiger partial charge in [0.05, 0.1) is 0 Å². The Balaban J connectivity index is 2.20. The first-order chi connectivity index (χ1) is 11.1. The highest BCUT2D eigenvalue weighted by molar-refractivity contribution is 5.73. The Bertz CT molecular complexity index is 578. The Morgan fingerprint density at radius 1 is 1.35 bits per heavy atom. The molecule has 0 radical (unpaired) electrons. The molecule has 1 aliphatic rings. The van der Waals surface area contributed by atoms with Crippen LogP contribution >= 0.6 is 0 Å². The average Bonchev–Trinajstić information content (AvgIpc) is 2.73. The SMILES string of the molecule is C=C(C=CN=CCC)c1ccc2c(c1)CCCCC2CC(C)C. The van der Waals surface area contributed by atoms with Gasteiger partial charge in [-0.3, -0.25) is 4.99 Å². The van der Waals surface area contributed by atoms with E-state index in [1.807, 2.05) is 18.5 Å². The first-order valence-electron chi connectivity index (χ1n) is 9.12. The third kappa shape index (κ3) is 5.20. The fourth-order valence-corrected chi connectivity index (χ4v) is 3.49. The summed E-state index contributed by atoms with van der Waals surface area (Å²) in [6.07, 6.45) is 13.3. The maximum absolute atomic E-state index is 4.24. The predicted molar refractivity (Wildman–Crippen MR) is 103 cm³/mol. The van der Waals surface area contributed by atoms with Crippen molar-refractivity contribution in [3.05, 3.63) is 53.7 Å². The van der Waals surface area contributed by atoms with Crippen LogP contribution in [-0.4, -0.2) is 6.21 Å². The van der Waals surface area contributed by atoms with Crippen LogP contribution < -0.4 is 0 Å². The molecule has 0 saturated heterocycles. The molecule has 1 nitrogen and oxygen atoms in total. The molecule has 0 bridgehead atoms. The van der Waals surface area contributed by atoms with E-state index >= 15 is 0 Å². The summed E-state index contributed by atoms with van der Waals surface area (Å²) in [7, 11) is 0. The van der Waals surface area contributed by atoms with Crippen LogP contribution in [0.15, 0.2) is 42.0 Å². The topological polar surface area (TPSA) is 12.4 Å². The molecule has 1 unspecified atom stereocenters. The highest BCUT2D eigenvalue weighted by atomic mass is 14.7. The maximum atomic E-state index is 4.24. The summed E-state index contributed by atoms with van der Waals surface area (Å²) in [5, 5.41) is 0. The van der Waals surface area contributed by atoms with Crippen LogP contribution in [0.5, 0.6) is 0 Å². The normalized spacial score (nSPS) is 18.5. The summed E-state index contributed by atoms with van der Waals surface area (Å²) in [5.41, 5.74) is 5.40. The molecule has 1 heteroatoms. The van der Waals surface area contributed by atoms with Crippen molar-refractivity contribution in [3.63, 3.8) is 0 Å².